The van der Waals surface area contributed by atoms with Gasteiger partial charge in [-0.1, -0.05) is 6.92 Å². The van der Waals surface area contributed by atoms with Gasteiger partial charge in [-0.3, -0.25) is 4.90 Å². The Kier molecular flexibility index (Phi) is 8.97. The average molecular weight is 265 g/mol. The van der Waals surface area contributed by atoms with Crippen LogP contribution in [0, 0.1) is 0 Å². The highest BCUT2D eigenvalue weighted by Crippen LogP contribution is 2.20. The molecule has 0 spiro atoms. The maximum absolute atomic E-state index is 5.63. The van der Waals surface area contributed by atoms with E-state index >= 15 is 0 Å². The molecule has 17 heavy (non-hydrogen) atoms. The molecule has 0 fully saturated rings. The molecule has 6 nitrogen and oxygen atoms in total. The Morgan fingerprint density at radius 3 is 1.65 bits per heavy atom. The Labute approximate surface area is 106 Å². The largest absolute Gasteiger partial charge is 0.518 e. The molecule has 0 bridgehead atoms. The zero-order chi connectivity index (χ0) is 13.3. The van der Waals surface area contributed by atoms with Crippen LogP contribution in [0.2, 0.25) is 0 Å². The Bertz CT molecular complexity index is 179. The van der Waals surface area contributed by atoms with Crippen LogP contribution < -0.4 is 11.5 Å². The monoisotopic (exact) mass is 265 g/mol. The first kappa shape index (κ1) is 17.0. The molecule has 1 atom stereocenters. The molecule has 0 aromatic heterocycles. The van der Waals surface area contributed by atoms with Gasteiger partial charge in [-0.05, 0) is 6.42 Å². The SMILES string of the molecule is CCC(N(CCN)CCN)[Si](OC)(OC)OC. The number of nitrogens with two attached hydrogens (primary N) is 2. The highest BCUT2D eigenvalue weighted by Gasteiger charge is 2.49. The molecule has 0 saturated carbocycles. The van der Waals surface area contributed by atoms with Gasteiger partial charge < -0.3 is 24.7 Å². The summed E-state index contributed by atoms with van der Waals surface area (Å²) in [6.45, 7) is 4.78. The lowest BCUT2D eigenvalue weighted by atomic mass is 10.4. The van der Waals surface area contributed by atoms with Crippen molar-refractivity contribution in [1.29, 1.82) is 0 Å². The van der Waals surface area contributed by atoms with E-state index in [2.05, 4.69) is 11.8 Å². The van der Waals surface area contributed by atoms with Gasteiger partial charge in [-0.25, -0.2) is 0 Å². The Morgan fingerprint density at radius 2 is 1.41 bits per heavy atom. The fraction of sp³-hybridized carbons (Fsp3) is 1.00. The van der Waals surface area contributed by atoms with Crippen molar-refractivity contribution < 1.29 is 13.3 Å². The number of rotatable bonds is 10. The summed E-state index contributed by atoms with van der Waals surface area (Å²) in [6, 6.07) is 0. The van der Waals surface area contributed by atoms with E-state index in [9.17, 15) is 0 Å². The van der Waals surface area contributed by atoms with Gasteiger partial charge in [-0.2, -0.15) is 0 Å². The quantitative estimate of drug-likeness (QED) is 0.513. The standard InChI is InChI=1S/C10H27N3O3Si/c1-5-10(13(8-6-11)9-7-12)17(14-2,15-3)16-4/h10H,5-9,11-12H2,1-4H3. The lowest BCUT2D eigenvalue weighted by molar-refractivity contribution is 0.0740. The molecule has 0 aliphatic rings. The van der Waals surface area contributed by atoms with E-state index in [1.807, 2.05) is 0 Å². The van der Waals surface area contributed by atoms with Crippen molar-refractivity contribution >= 4 is 8.80 Å². The highest BCUT2D eigenvalue weighted by atomic mass is 28.4. The van der Waals surface area contributed by atoms with Crippen molar-refractivity contribution in [3.8, 4) is 0 Å². The van der Waals surface area contributed by atoms with Crippen molar-refractivity contribution in [1.82, 2.24) is 4.90 Å². The van der Waals surface area contributed by atoms with Crippen molar-refractivity contribution in [3.05, 3.63) is 0 Å². The van der Waals surface area contributed by atoms with Crippen LogP contribution in [-0.2, 0) is 13.3 Å². The summed E-state index contributed by atoms with van der Waals surface area (Å²) in [5.74, 6) is 0. The van der Waals surface area contributed by atoms with Gasteiger partial charge in [0, 0.05) is 47.5 Å². The molecule has 4 N–H and O–H groups in total. The predicted molar refractivity (Wildman–Crippen MR) is 70.5 cm³/mol. The van der Waals surface area contributed by atoms with E-state index in [4.69, 9.17) is 24.7 Å². The van der Waals surface area contributed by atoms with Crippen LogP contribution in [0.1, 0.15) is 13.3 Å². The highest BCUT2D eigenvalue weighted by molar-refractivity contribution is 6.62. The second-order valence-electron chi connectivity index (χ2n) is 3.75. The average Bonchev–Trinajstić information content (AvgIpc) is 2.36. The maximum atomic E-state index is 5.63. The molecular formula is C10H27N3O3Si. The van der Waals surface area contributed by atoms with E-state index in [1.54, 1.807) is 21.3 Å². The van der Waals surface area contributed by atoms with E-state index in [0.717, 1.165) is 19.5 Å². The molecule has 0 saturated heterocycles. The minimum absolute atomic E-state index is 0.0922. The van der Waals surface area contributed by atoms with Gasteiger partial charge in [-0.15, -0.1) is 0 Å². The number of hydrogen-bond donors (Lipinski definition) is 2. The van der Waals surface area contributed by atoms with E-state index in [1.165, 1.54) is 0 Å². The summed E-state index contributed by atoms with van der Waals surface area (Å²) < 4.78 is 16.6. The Balaban J connectivity index is 4.94. The summed E-state index contributed by atoms with van der Waals surface area (Å²) in [5, 5.41) is 0. The maximum Gasteiger partial charge on any atom is 0.518 e. The number of nitrogens with zero attached hydrogens (tertiary/aromatic N) is 1. The van der Waals surface area contributed by atoms with Crippen LogP contribution in [0.25, 0.3) is 0 Å². The van der Waals surface area contributed by atoms with Crippen LogP contribution >= 0.6 is 0 Å². The normalized spacial score (nSPS) is 14.3. The predicted octanol–water partition coefficient (Wildman–Crippen LogP) is -0.598. The third-order valence-electron chi connectivity index (χ3n) is 2.92. The fourth-order valence-corrected chi connectivity index (χ4v) is 4.67. The van der Waals surface area contributed by atoms with Crippen molar-refractivity contribution in [2.45, 2.75) is 19.0 Å². The smallest absolute Gasteiger partial charge is 0.376 e. The molecule has 7 heteroatoms. The van der Waals surface area contributed by atoms with Crippen LogP contribution in [0.3, 0.4) is 0 Å². The van der Waals surface area contributed by atoms with Gasteiger partial charge in [0.1, 0.15) is 0 Å². The van der Waals surface area contributed by atoms with Crippen LogP contribution in [0.4, 0.5) is 0 Å². The third-order valence-corrected chi connectivity index (χ3v) is 6.22. The summed E-state index contributed by atoms with van der Waals surface area (Å²) in [7, 11) is 2.22. The topological polar surface area (TPSA) is 83.0 Å². The van der Waals surface area contributed by atoms with E-state index in [0.29, 0.717) is 13.1 Å². The molecule has 0 aliphatic carbocycles. The molecule has 0 amide bonds. The van der Waals surface area contributed by atoms with E-state index in [-0.39, 0.29) is 5.67 Å². The Hall–Kier alpha value is -0.0231. The second-order valence-corrected chi connectivity index (χ2v) is 6.85. The van der Waals surface area contributed by atoms with Crippen molar-refractivity contribution in [2.75, 3.05) is 47.5 Å². The molecule has 0 heterocycles. The molecule has 0 rings (SSSR count). The lowest BCUT2D eigenvalue weighted by Gasteiger charge is -2.39. The molecule has 1 unspecified atom stereocenters. The molecule has 0 aromatic rings. The first-order valence-corrected chi connectivity index (χ1v) is 7.75. The van der Waals surface area contributed by atoms with Gasteiger partial charge in [0.05, 0.1) is 5.67 Å². The van der Waals surface area contributed by atoms with E-state index < -0.39 is 8.80 Å². The zero-order valence-electron chi connectivity index (χ0n) is 11.4. The minimum atomic E-state index is -2.67. The van der Waals surface area contributed by atoms with Gasteiger partial charge in [0.15, 0.2) is 0 Å². The zero-order valence-corrected chi connectivity index (χ0v) is 12.4. The molecule has 0 aromatic carbocycles. The second kappa shape index (κ2) is 8.98. The van der Waals surface area contributed by atoms with Gasteiger partial charge in [0.2, 0.25) is 0 Å². The summed E-state index contributed by atoms with van der Waals surface area (Å²) in [5.41, 5.74) is 11.4. The minimum Gasteiger partial charge on any atom is -0.376 e. The number of hydrogen-bond acceptors (Lipinski definition) is 6. The molecule has 0 radical (unpaired) electrons. The molecule has 104 valence electrons. The first-order chi connectivity index (χ1) is 8.15. The van der Waals surface area contributed by atoms with Gasteiger partial charge >= 0.3 is 8.80 Å². The van der Waals surface area contributed by atoms with Crippen LogP contribution in [-0.4, -0.2) is 66.9 Å². The fourth-order valence-electron chi connectivity index (χ4n) is 2.15. The Morgan fingerprint density at radius 1 is 1.00 bits per heavy atom. The van der Waals surface area contributed by atoms with Crippen LogP contribution in [0.5, 0.6) is 0 Å². The first-order valence-electron chi connectivity index (χ1n) is 5.95. The van der Waals surface area contributed by atoms with Gasteiger partial charge in [0.25, 0.3) is 0 Å². The van der Waals surface area contributed by atoms with Crippen molar-refractivity contribution in [2.24, 2.45) is 11.5 Å². The molecular weight excluding hydrogens is 238 g/mol. The summed E-state index contributed by atoms with van der Waals surface area (Å²) in [6.07, 6.45) is 0.877. The van der Waals surface area contributed by atoms with Crippen molar-refractivity contribution in [3.63, 3.8) is 0 Å². The molecule has 0 aliphatic heterocycles. The van der Waals surface area contributed by atoms with Crippen LogP contribution in [0.15, 0.2) is 0 Å². The third kappa shape index (κ3) is 4.29. The summed E-state index contributed by atoms with van der Waals surface area (Å²) in [4.78, 5) is 2.20. The summed E-state index contributed by atoms with van der Waals surface area (Å²) >= 11 is 0. The lowest BCUT2D eigenvalue weighted by Crippen LogP contribution is -2.62.